The van der Waals surface area contributed by atoms with E-state index in [1.165, 1.54) is 11.3 Å². The Balaban J connectivity index is 1.69. The normalized spacial score (nSPS) is 17.2. The highest BCUT2D eigenvalue weighted by molar-refractivity contribution is 7.20. The maximum absolute atomic E-state index is 13.4. The van der Waals surface area contributed by atoms with Crippen molar-refractivity contribution in [3.8, 4) is 0 Å². The fourth-order valence-electron chi connectivity index (χ4n) is 3.84. The summed E-state index contributed by atoms with van der Waals surface area (Å²) in [6, 6.07) is 9.63. The molecule has 0 radical (unpaired) electrons. The molecule has 2 N–H and O–H groups in total. The first kappa shape index (κ1) is 18.8. The monoisotopic (exact) mass is 398 g/mol. The number of likely N-dealkylation sites (tertiary alicyclic amines) is 1. The SMILES string of the molecule is Cc1c(C(=O)N2CCCCC2CF)sc2nc(Cc3ccccc3)nc(N)c12. The molecule has 146 valence electrons. The number of carbonyl (C=O) groups excluding carboxylic acids is 1. The van der Waals surface area contributed by atoms with Gasteiger partial charge in [0.05, 0.1) is 16.3 Å². The Morgan fingerprint density at radius 2 is 2.07 bits per heavy atom. The molecule has 3 heterocycles. The molecule has 1 amide bonds. The molecule has 1 unspecified atom stereocenters. The smallest absolute Gasteiger partial charge is 0.264 e. The van der Waals surface area contributed by atoms with Gasteiger partial charge in [-0.1, -0.05) is 30.3 Å². The van der Waals surface area contributed by atoms with Crippen LogP contribution < -0.4 is 5.73 Å². The maximum atomic E-state index is 13.4. The van der Waals surface area contributed by atoms with Gasteiger partial charge < -0.3 is 10.6 Å². The Morgan fingerprint density at radius 3 is 2.82 bits per heavy atom. The topological polar surface area (TPSA) is 72.1 Å². The lowest BCUT2D eigenvalue weighted by Crippen LogP contribution is -2.44. The zero-order chi connectivity index (χ0) is 19.7. The summed E-state index contributed by atoms with van der Waals surface area (Å²) in [5.41, 5.74) is 8.12. The van der Waals surface area contributed by atoms with Crippen molar-refractivity contribution in [1.29, 1.82) is 0 Å². The van der Waals surface area contributed by atoms with Crippen LogP contribution in [0.25, 0.3) is 10.2 Å². The number of fused-ring (bicyclic) bond motifs is 1. The van der Waals surface area contributed by atoms with Crippen LogP contribution in [0.3, 0.4) is 0 Å². The molecule has 1 aromatic carbocycles. The van der Waals surface area contributed by atoms with Crippen molar-refractivity contribution in [3.63, 3.8) is 0 Å². The molecule has 5 nitrogen and oxygen atoms in total. The molecule has 3 aromatic rings. The van der Waals surface area contributed by atoms with Crippen molar-refractivity contribution < 1.29 is 9.18 Å². The van der Waals surface area contributed by atoms with Crippen LogP contribution in [0.1, 0.15) is 45.9 Å². The van der Waals surface area contributed by atoms with Crippen LogP contribution in [0, 0.1) is 6.92 Å². The van der Waals surface area contributed by atoms with Gasteiger partial charge in [-0.2, -0.15) is 0 Å². The minimum atomic E-state index is -0.501. The number of benzene rings is 1. The molecule has 0 saturated carbocycles. The summed E-state index contributed by atoms with van der Waals surface area (Å²) in [7, 11) is 0. The Hall–Kier alpha value is -2.54. The maximum Gasteiger partial charge on any atom is 0.264 e. The largest absolute Gasteiger partial charge is 0.383 e. The highest BCUT2D eigenvalue weighted by Crippen LogP contribution is 2.34. The standard InChI is InChI=1S/C21H23FN4OS/c1-13-17-19(23)24-16(11-14-7-3-2-4-8-14)25-20(17)28-18(13)21(27)26-10-6-5-9-15(26)12-22/h2-4,7-8,15H,5-6,9-12H2,1H3,(H2,23,24,25). The molecular weight excluding hydrogens is 375 g/mol. The van der Waals surface area contributed by atoms with E-state index in [2.05, 4.69) is 9.97 Å². The molecule has 1 aliphatic rings. The number of amides is 1. The second kappa shape index (κ2) is 7.83. The van der Waals surface area contributed by atoms with Crippen LogP contribution >= 0.6 is 11.3 Å². The van der Waals surface area contributed by atoms with Crippen LogP contribution in [0.2, 0.25) is 0 Å². The zero-order valence-electron chi connectivity index (χ0n) is 15.8. The first-order valence-electron chi connectivity index (χ1n) is 9.55. The average Bonchev–Trinajstić information content (AvgIpc) is 3.05. The first-order chi connectivity index (χ1) is 13.6. The van der Waals surface area contributed by atoms with Gasteiger partial charge in [-0.05, 0) is 37.3 Å². The molecule has 1 saturated heterocycles. The molecular formula is C21H23FN4OS. The van der Waals surface area contributed by atoms with Gasteiger partial charge in [0, 0.05) is 13.0 Å². The number of thiophene rings is 1. The summed E-state index contributed by atoms with van der Waals surface area (Å²) in [5, 5.41) is 0.735. The third kappa shape index (κ3) is 3.46. The predicted molar refractivity (Wildman–Crippen MR) is 110 cm³/mol. The second-order valence-electron chi connectivity index (χ2n) is 7.23. The number of nitrogen functional groups attached to an aromatic ring is 1. The number of carbonyl (C=O) groups is 1. The lowest BCUT2D eigenvalue weighted by molar-refractivity contribution is 0.0579. The number of halogens is 1. The van der Waals surface area contributed by atoms with E-state index in [4.69, 9.17) is 5.73 Å². The number of anilines is 1. The average molecular weight is 399 g/mol. The van der Waals surface area contributed by atoms with Crippen LogP contribution in [0.15, 0.2) is 30.3 Å². The Bertz CT molecular complexity index is 1000. The van der Waals surface area contributed by atoms with E-state index >= 15 is 0 Å². The summed E-state index contributed by atoms with van der Waals surface area (Å²) >= 11 is 1.33. The molecule has 7 heteroatoms. The summed E-state index contributed by atoms with van der Waals surface area (Å²) < 4.78 is 13.4. The highest BCUT2D eigenvalue weighted by Gasteiger charge is 2.30. The third-order valence-corrected chi connectivity index (χ3v) is 6.50. The number of alkyl halides is 1. The lowest BCUT2D eigenvalue weighted by Gasteiger charge is -2.33. The van der Waals surface area contributed by atoms with E-state index in [9.17, 15) is 9.18 Å². The van der Waals surface area contributed by atoms with Crippen LogP contribution in [0.5, 0.6) is 0 Å². The number of piperidine rings is 1. The van der Waals surface area contributed by atoms with Crippen LogP contribution in [-0.2, 0) is 6.42 Å². The van der Waals surface area contributed by atoms with E-state index in [0.717, 1.165) is 35.8 Å². The van der Waals surface area contributed by atoms with Gasteiger partial charge in [0.1, 0.15) is 23.1 Å². The van der Waals surface area contributed by atoms with Crippen molar-refractivity contribution >= 4 is 33.3 Å². The molecule has 28 heavy (non-hydrogen) atoms. The van der Waals surface area contributed by atoms with Gasteiger partial charge in [-0.3, -0.25) is 4.79 Å². The molecule has 0 aliphatic carbocycles. The van der Waals surface area contributed by atoms with Crippen LogP contribution in [0.4, 0.5) is 10.2 Å². The number of aryl methyl sites for hydroxylation is 1. The van der Waals surface area contributed by atoms with E-state index < -0.39 is 6.67 Å². The molecule has 4 rings (SSSR count). The van der Waals surface area contributed by atoms with Gasteiger partial charge >= 0.3 is 0 Å². The molecule has 1 fully saturated rings. The minimum Gasteiger partial charge on any atom is -0.383 e. The quantitative estimate of drug-likeness (QED) is 0.717. The van der Waals surface area contributed by atoms with Crippen molar-refractivity contribution in [2.24, 2.45) is 0 Å². The first-order valence-corrected chi connectivity index (χ1v) is 10.4. The molecule has 2 aromatic heterocycles. The fraction of sp³-hybridized carbons (Fsp3) is 0.381. The van der Waals surface area contributed by atoms with Crippen molar-refractivity contribution in [3.05, 3.63) is 52.2 Å². The number of rotatable bonds is 4. The van der Waals surface area contributed by atoms with Gasteiger partial charge in [-0.25, -0.2) is 14.4 Å². The third-order valence-electron chi connectivity index (χ3n) is 5.33. The van der Waals surface area contributed by atoms with E-state index in [1.807, 2.05) is 37.3 Å². The van der Waals surface area contributed by atoms with Gasteiger partial charge in [0.2, 0.25) is 0 Å². The van der Waals surface area contributed by atoms with Crippen LogP contribution in [-0.4, -0.2) is 40.0 Å². The predicted octanol–water partition coefficient (Wildman–Crippen LogP) is 4.14. The Morgan fingerprint density at radius 1 is 1.29 bits per heavy atom. The second-order valence-corrected chi connectivity index (χ2v) is 8.23. The molecule has 0 bridgehead atoms. The highest BCUT2D eigenvalue weighted by atomic mass is 32.1. The summed E-state index contributed by atoms with van der Waals surface area (Å²) in [6.07, 6.45) is 3.17. The fourth-order valence-corrected chi connectivity index (χ4v) is 5.00. The van der Waals surface area contributed by atoms with Crippen molar-refractivity contribution in [2.75, 3.05) is 19.0 Å². The van der Waals surface area contributed by atoms with E-state index in [1.54, 1.807) is 4.90 Å². The van der Waals surface area contributed by atoms with E-state index in [-0.39, 0.29) is 11.9 Å². The number of nitrogens with zero attached hydrogens (tertiary/aromatic N) is 3. The minimum absolute atomic E-state index is 0.119. The number of aromatic nitrogens is 2. The number of nitrogens with two attached hydrogens (primary N) is 1. The number of hydrogen-bond acceptors (Lipinski definition) is 5. The van der Waals surface area contributed by atoms with Crippen molar-refractivity contribution in [2.45, 2.75) is 38.6 Å². The summed E-state index contributed by atoms with van der Waals surface area (Å²) in [6.45, 7) is 1.97. The lowest BCUT2D eigenvalue weighted by atomic mass is 10.0. The van der Waals surface area contributed by atoms with E-state index in [0.29, 0.717) is 34.3 Å². The molecule has 0 spiro atoms. The molecule has 1 aliphatic heterocycles. The summed E-state index contributed by atoms with van der Waals surface area (Å²) in [4.78, 5) is 25.2. The zero-order valence-corrected chi connectivity index (χ0v) is 16.6. The van der Waals surface area contributed by atoms with Gasteiger partial charge in [-0.15, -0.1) is 11.3 Å². The molecule has 1 atom stereocenters. The number of hydrogen-bond donors (Lipinski definition) is 1. The van der Waals surface area contributed by atoms with Gasteiger partial charge in [0.25, 0.3) is 5.91 Å². The Labute approximate surface area is 167 Å². The summed E-state index contributed by atoms with van der Waals surface area (Å²) in [5.74, 6) is 0.910. The van der Waals surface area contributed by atoms with Crippen molar-refractivity contribution in [1.82, 2.24) is 14.9 Å². The Kier molecular flexibility index (Phi) is 5.26. The van der Waals surface area contributed by atoms with Gasteiger partial charge in [0.15, 0.2) is 0 Å².